The molecule has 9 heteroatoms. The van der Waals surface area contributed by atoms with Gasteiger partial charge in [-0.05, 0) is 42.5 Å². The number of hydrogen-bond donors (Lipinski definition) is 1. The Morgan fingerprint density at radius 2 is 1.81 bits per heavy atom. The van der Waals surface area contributed by atoms with Crippen LogP contribution in [0.2, 0.25) is 0 Å². The van der Waals surface area contributed by atoms with Gasteiger partial charge >= 0.3 is 0 Å². The monoisotopic (exact) mass is 384 g/mol. The number of hydrogen-bond acceptors (Lipinski definition) is 4. The van der Waals surface area contributed by atoms with Gasteiger partial charge in [-0.25, -0.2) is 17.2 Å². The number of likely N-dealkylation sites (N-methyl/N-ethyl adjacent to an activating group) is 1. The minimum absolute atomic E-state index is 0.0890. The zero-order valence-corrected chi connectivity index (χ0v) is 15.0. The second-order valence-electron chi connectivity index (χ2n) is 5.28. The number of benzene rings is 2. The number of carbonyl (C=O) groups excluding carboxylic acids is 1. The molecule has 2 aromatic rings. The van der Waals surface area contributed by atoms with Gasteiger partial charge in [0.25, 0.3) is 0 Å². The lowest BCUT2D eigenvalue weighted by molar-refractivity contribution is -0.116. The first kappa shape index (κ1) is 19.8. The van der Waals surface area contributed by atoms with Crippen molar-refractivity contribution in [3.8, 4) is 5.75 Å². The Kier molecular flexibility index (Phi) is 6.27. The number of nitrogens with zero attached hydrogens (tertiary/aromatic N) is 1. The summed E-state index contributed by atoms with van der Waals surface area (Å²) in [5.41, 5.74) is 0.446. The Bertz CT molecular complexity index is 886. The molecule has 0 aliphatic heterocycles. The molecule has 26 heavy (non-hydrogen) atoms. The summed E-state index contributed by atoms with van der Waals surface area (Å²) in [6.07, 6.45) is 0. The van der Waals surface area contributed by atoms with Gasteiger partial charge in [0.15, 0.2) is 0 Å². The lowest BCUT2D eigenvalue weighted by Gasteiger charge is -2.20. The normalized spacial score (nSPS) is 11.4. The summed E-state index contributed by atoms with van der Waals surface area (Å²) in [6.45, 7) is 0.866. The van der Waals surface area contributed by atoms with Crippen LogP contribution in [0, 0.1) is 11.6 Å². The van der Waals surface area contributed by atoms with Gasteiger partial charge in [-0.15, -0.1) is 0 Å². The highest BCUT2D eigenvalue weighted by atomic mass is 32.2. The molecular formula is C17H18F2N2O4S. The van der Waals surface area contributed by atoms with Crippen molar-refractivity contribution in [3.05, 3.63) is 54.1 Å². The van der Waals surface area contributed by atoms with Crippen LogP contribution in [0.1, 0.15) is 6.92 Å². The summed E-state index contributed by atoms with van der Waals surface area (Å²) in [6, 6.07) is 8.59. The molecule has 0 atom stereocenters. The molecule has 0 radical (unpaired) electrons. The van der Waals surface area contributed by atoms with Crippen LogP contribution < -0.4 is 10.1 Å². The maximum Gasteiger partial charge on any atom is 0.246 e. The first-order valence-corrected chi connectivity index (χ1v) is 9.11. The topological polar surface area (TPSA) is 75.7 Å². The van der Waals surface area contributed by atoms with Crippen LogP contribution in [0.15, 0.2) is 47.4 Å². The molecule has 0 heterocycles. The van der Waals surface area contributed by atoms with E-state index in [-0.39, 0.29) is 6.54 Å². The highest BCUT2D eigenvalue weighted by molar-refractivity contribution is 7.89. The molecule has 6 nitrogen and oxygen atoms in total. The molecule has 1 amide bonds. The van der Waals surface area contributed by atoms with Gasteiger partial charge in [0.2, 0.25) is 15.9 Å². The van der Waals surface area contributed by atoms with E-state index >= 15 is 0 Å². The zero-order chi connectivity index (χ0) is 19.3. The third-order valence-electron chi connectivity index (χ3n) is 3.56. The van der Waals surface area contributed by atoms with Crippen molar-refractivity contribution < 1.29 is 26.7 Å². The smallest absolute Gasteiger partial charge is 0.246 e. The molecule has 0 saturated carbocycles. The molecule has 2 aromatic carbocycles. The van der Waals surface area contributed by atoms with E-state index in [1.165, 1.54) is 14.0 Å². The van der Waals surface area contributed by atoms with Crippen LogP contribution >= 0.6 is 0 Å². The van der Waals surface area contributed by atoms with Gasteiger partial charge in [-0.1, -0.05) is 6.92 Å². The van der Waals surface area contributed by atoms with Crippen LogP contribution in [0.25, 0.3) is 0 Å². The second-order valence-corrected chi connectivity index (χ2v) is 7.19. The third-order valence-corrected chi connectivity index (χ3v) is 5.49. The van der Waals surface area contributed by atoms with Crippen molar-refractivity contribution in [1.29, 1.82) is 0 Å². The SMILES string of the molecule is CCN(CC(=O)Nc1ccc(OC)cc1)S(=O)(=O)c1cc(F)ccc1F. The molecule has 0 aromatic heterocycles. The Morgan fingerprint density at radius 1 is 1.15 bits per heavy atom. The Hall–Kier alpha value is -2.52. The van der Waals surface area contributed by atoms with Gasteiger partial charge in [0, 0.05) is 12.2 Å². The summed E-state index contributed by atoms with van der Waals surface area (Å²) in [4.78, 5) is 11.3. The minimum atomic E-state index is -4.36. The summed E-state index contributed by atoms with van der Waals surface area (Å²) in [5.74, 6) is -1.98. The molecule has 140 valence electrons. The van der Waals surface area contributed by atoms with Crippen molar-refractivity contribution in [2.75, 3.05) is 25.5 Å². The van der Waals surface area contributed by atoms with Crippen LogP contribution in [0.3, 0.4) is 0 Å². The van der Waals surface area contributed by atoms with E-state index in [0.717, 1.165) is 16.4 Å². The van der Waals surface area contributed by atoms with Gasteiger partial charge in [0.05, 0.1) is 13.7 Å². The molecule has 0 spiro atoms. The second kappa shape index (κ2) is 8.24. The summed E-state index contributed by atoms with van der Waals surface area (Å²) in [5, 5.41) is 2.54. The maximum atomic E-state index is 13.8. The average Bonchev–Trinajstić information content (AvgIpc) is 2.62. The molecule has 2 rings (SSSR count). The van der Waals surface area contributed by atoms with E-state index in [0.29, 0.717) is 17.5 Å². The van der Waals surface area contributed by atoms with Gasteiger partial charge in [-0.2, -0.15) is 4.31 Å². The number of halogens is 2. The third kappa shape index (κ3) is 4.55. The average molecular weight is 384 g/mol. The van der Waals surface area contributed by atoms with E-state index in [4.69, 9.17) is 4.74 Å². The van der Waals surface area contributed by atoms with Crippen molar-refractivity contribution in [1.82, 2.24) is 4.31 Å². The van der Waals surface area contributed by atoms with Crippen LogP contribution in [-0.4, -0.2) is 38.8 Å². The highest BCUT2D eigenvalue weighted by Gasteiger charge is 2.28. The van der Waals surface area contributed by atoms with Crippen LogP contribution in [0.5, 0.6) is 5.75 Å². The number of sulfonamides is 1. The van der Waals surface area contributed by atoms with Gasteiger partial charge in [-0.3, -0.25) is 4.79 Å². The fourth-order valence-electron chi connectivity index (χ4n) is 2.22. The zero-order valence-electron chi connectivity index (χ0n) is 14.2. The molecular weight excluding hydrogens is 366 g/mol. The van der Waals surface area contributed by atoms with E-state index < -0.39 is 39.0 Å². The molecule has 0 fully saturated rings. The maximum absolute atomic E-state index is 13.8. The Labute approximate surface area is 150 Å². The number of nitrogens with one attached hydrogen (secondary N) is 1. The number of carbonyl (C=O) groups is 1. The first-order valence-electron chi connectivity index (χ1n) is 7.67. The van der Waals surface area contributed by atoms with E-state index in [9.17, 15) is 22.0 Å². The van der Waals surface area contributed by atoms with Crippen LogP contribution in [-0.2, 0) is 14.8 Å². The van der Waals surface area contributed by atoms with Crippen molar-refractivity contribution >= 4 is 21.6 Å². The Morgan fingerprint density at radius 3 is 2.38 bits per heavy atom. The fraction of sp³-hybridized carbons (Fsp3) is 0.235. The predicted octanol–water partition coefficient (Wildman–Crippen LogP) is 2.62. The molecule has 0 unspecified atom stereocenters. The largest absolute Gasteiger partial charge is 0.497 e. The number of anilines is 1. The number of amides is 1. The quantitative estimate of drug-likeness (QED) is 0.796. The summed E-state index contributed by atoms with van der Waals surface area (Å²) >= 11 is 0. The van der Waals surface area contributed by atoms with Crippen molar-refractivity contribution in [2.45, 2.75) is 11.8 Å². The molecule has 1 N–H and O–H groups in total. The highest BCUT2D eigenvalue weighted by Crippen LogP contribution is 2.21. The standard InChI is InChI=1S/C17H18F2N2O4S/c1-3-21(26(23,24)16-10-12(18)4-9-15(16)19)11-17(22)20-13-5-7-14(25-2)8-6-13/h4-10H,3,11H2,1-2H3,(H,20,22). The summed E-state index contributed by atoms with van der Waals surface area (Å²) in [7, 11) is -2.86. The molecule has 0 aliphatic rings. The minimum Gasteiger partial charge on any atom is -0.497 e. The van der Waals surface area contributed by atoms with E-state index in [2.05, 4.69) is 5.32 Å². The molecule has 0 aliphatic carbocycles. The first-order chi connectivity index (χ1) is 12.3. The lowest BCUT2D eigenvalue weighted by Crippen LogP contribution is -2.38. The Balaban J connectivity index is 2.16. The van der Waals surface area contributed by atoms with Gasteiger partial charge < -0.3 is 10.1 Å². The molecule has 0 saturated heterocycles. The number of ether oxygens (including phenoxy) is 1. The van der Waals surface area contributed by atoms with Crippen molar-refractivity contribution in [2.24, 2.45) is 0 Å². The van der Waals surface area contributed by atoms with E-state index in [1.54, 1.807) is 24.3 Å². The number of methoxy groups -OCH3 is 1. The lowest BCUT2D eigenvalue weighted by atomic mass is 10.3. The van der Waals surface area contributed by atoms with Crippen LogP contribution in [0.4, 0.5) is 14.5 Å². The predicted molar refractivity (Wildman–Crippen MR) is 92.4 cm³/mol. The van der Waals surface area contributed by atoms with E-state index in [1.807, 2.05) is 0 Å². The van der Waals surface area contributed by atoms with Gasteiger partial charge in [0.1, 0.15) is 22.3 Å². The fourth-order valence-corrected chi connectivity index (χ4v) is 3.70. The van der Waals surface area contributed by atoms with Crippen molar-refractivity contribution in [3.63, 3.8) is 0 Å². The number of rotatable bonds is 7. The summed E-state index contributed by atoms with van der Waals surface area (Å²) < 4.78 is 58.0. The molecule has 0 bridgehead atoms.